The molecule has 2 aliphatic rings. The normalized spacial score (nSPS) is 27.9. The van der Waals surface area contributed by atoms with Crippen LogP contribution in [0.15, 0.2) is 70.5 Å². The number of hydrogen-bond acceptors (Lipinski definition) is 5. The van der Waals surface area contributed by atoms with Gasteiger partial charge in [0.15, 0.2) is 0 Å². The first kappa shape index (κ1) is 22.1. The van der Waals surface area contributed by atoms with Gasteiger partial charge in [0.2, 0.25) is 20.0 Å². The summed E-state index contributed by atoms with van der Waals surface area (Å²) in [4.78, 5) is 13.8. The fraction of sp³-hybridized carbons (Fsp3) is 0.409. The van der Waals surface area contributed by atoms with Crippen molar-refractivity contribution >= 4 is 25.8 Å². The van der Waals surface area contributed by atoms with E-state index in [0.29, 0.717) is 6.42 Å². The summed E-state index contributed by atoms with van der Waals surface area (Å²) in [5.74, 6) is -0.0541. The van der Waals surface area contributed by atoms with Crippen LogP contribution < -0.4 is 0 Å². The summed E-state index contributed by atoms with van der Waals surface area (Å²) >= 11 is 0. The molecule has 0 atom stereocenters. The molecule has 0 radical (unpaired) electrons. The number of sulfonamides is 2. The molecule has 0 spiro atoms. The highest BCUT2D eigenvalue weighted by atomic mass is 32.2. The molecule has 0 aromatic heterocycles. The topological polar surface area (TPSA) is 91.8 Å². The number of benzene rings is 2. The van der Waals surface area contributed by atoms with Crippen molar-refractivity contribution in [3.05, 3.63) is 60.7 Å². The lowest BCUT2D eigenvalue weighted by molar-refractivity contribution is -0.151. The number of rotatable bonds is 5. The third kappa shape index (κ3) is 3.53. The van der Waals surface area contributed by atoms with E-state index in [2.05, 4.69) is 0 Å². The van der Waals surface area contributed by atoms with Gasteiger partial charge < -0.3 is 0 Å². The van der Waals surface area contributed by atoms with E-state index in [-0.39, 0.29) is 41.8 Å². The number of carbonyl (C=O) groups is 1. The highest BCUT2D eigenvalue weighted by Gasteiger charge is 2.60. The lowest BCUT2D eigenvalue weighted by atomic mass is 9.63. The molecule has 2 aromatic carbocycles. The Morgan fingerprint density at radius 2 is 1.13 bits per heavy atom. The van der Waals surface area contributed by atoms with Crippen molar-refractivity contribution in [2.24, 2.45) is 10.8 Å². The molecule has 0 saturated carbocycles. The van der Waals surface area contributed by atoms with Crippen molar-refractivity contribution in [1.29, 1.82) is 0 Å². The van der Waals surface area contributed by atoms with Crippen molar-refractivity contribution < 1.29 is 21.6 Å². The van der Waals surface area contributed by atoms with E-state index in [0.717, 1.165) is 0 Å². The molecule has 0 N–H and O–H groups in total. The lowest BCUT2D eigenvalue weighted by Gasteiger charge is -2.55. The number of ketones is 1. The van der Waals surface area contributed by atoms with E-state index in [1.165, 1.54) is 32.9 Å². The molecule has 9 heteroatoms. The smallest absolute Gasteiger partial charge is 0.243 e. The van der Waals surface area contributed by atoms with Crippen molar-refractivity contribution in [3.63, 3.8) is 0 Å². The average molecular weight is 463 g/mol. The summed E-state index contributed by atoms with van der Waals surface area (Å²) < 4.78 is 56.0. The maximum atomic E-state index is 13.5. The van der Waals surface area contributed by atoms with Gasteiger partial charge in [-0.2, -0.15) is 8.61 Å². The second kappa shape index (κ2) is 7.51. The largest absolute Gasteiger partial charge is 0.298 e. The van der Waals surface area contributed by atoms with Crippen LogP contribution in [0.3, 0.4) is 0 Å². The maximum absolute atomic E-state index is 13.5. The third-order valence-electron chi connectivity index (χ3n) is 6.48. The Kier molecular flexibility index (Phi) is 5.36. The highest BCUT2D eigenvalue weighted by Crippen LogP contribution is 2.47. The molecule has 2 fully saturated rings. The van der Waals surface area contributed by atoms with Crippen molar-refractivity contribution in [2.75, 3.05) is 26.2 Å². The Balaban J connectivity index is 1.74. The molecule has 0 unspecified atom stereocenters. The zero-order chi connectivity index (χ0) is 22.5. The Morgan fingerprint density at radius 3 is 1.48 bits per heavy atom. The van der Waals surface area contributed by atoms with Crippen LogP contribution in [0.5, 0.6) is 0 Å². The molecular formula is C22H26N2O5S2. The van der Waals surface area contributed by atoms with Crippen LogP contribution >= 0.6 is 0 Å². The van der Waals surface area contributed by atoms with Crippen LogP contribution in [0.1, 0.15) is 20.3 Å². The number of piperidine rings is 2. The summed E-state index contributed by atoms with van der Waals surface area (Å²) in [5, 5.41) is 0. The van der Waals surface area contributed by atoms with E-state index in [1.807, 2.05) is 6.92 Å². The van der Waals surface area contributed by atoms with Crippen LogP contribution in [0.2, 0.25) is 0 Å². The molecule has 2 bridgehead atoms. The van der Waals surface area contributed by atoms with Crippen molar-refractivity contribution in [3.8, 4) is 0 Å². The fourth-order valence-corrected chi connectivity index (χ4v) is 8.14. The van der Waals surface area contributed by atoms with Gasteiger partial charge in [-0.25, -0.2) is 16.8 Å². The van der Waals surface area contributed by atoms with E-state index < -0.39 is 30.9 Å². The molecule has 2 saturated heterocycles. The van der Waals surface area contributed by atoms with E-state index in [9.17, 15) is 21.6 Å². The summed E-state index contributed by atoms with van der Waals surface area (Å²) in [6.45, 7) is 3.33. The van der Waals surface area contributed by atoms with Gasteiger partial charge in [0.05, 0.1) is 20.6 Å². The number of fused-ring (bicyclic) bond motifs is 2. The van der Waals surface area contributed by atoms with Gasteiger partial charge in [-0.1, -0.05) is 50.2 Å². The molecular weight excluding hydrogens is 436 g/mol. The van der Waals surface area contributed by atoms with Gasteiger partial charge in [0.1, 0.15) is 5.78 Å². The fourth-order valence-electron chi connectivity index (χ4n) is 4.80. The Hall–Kier alpha value is -2.07. The molecule has 4 rings (SSSR count). The first-order valence-corrected chi connectivity index (χ1v) is 13.1. The molecule has 2 aromatic rings. The molecule has 7 nitrogen and oxygen atoms in total. The second-order valence-electron chi connectivity index (χ2n) is 8.70. The SMILES string of the molecule is CCC12CN(S(=O)(=O)c3ccccc3)CC(C)(CN(S(=O)(=O)c3ccccc3)C1)C2=O. The highest BCUT2D eigenvalue weighted by molar-refractivity contribution is 7.89. The minimum Gasteiger partial charge on any atom is -0.298 e. The van der Waals surface area contributed by atoms with Crippen LogP contribution in [0, 0.1) is 10.8 Å². The van der Waals surface area contributed by atoms with Crippen molar-refractivity contribution in [1.82, 2.24) is 8.61 Å². The zero-order valence-electron chi connectivity index (χ0n) is 17.6. The van der Waals surface area contributed by atoms with Crippen molar-refractivity contribution in [2.45, 2.75) is 30.1 Å². The van der Waals surface area contributed by atoms with Gasteiger partial charge in [0.25, 0.3) is 0 Å². The standard InChI is InChI=1S/C22H26N2O5S2/c1-3-22-16-23(30(26,27)18-10-6-4-7-11-18)14-21(2,20(22)25)15-24(17-22)31(28,29)19-12-8-5-9-13-19/h4-13H,3,14-17H2,1-2H3. The Bertz CT molecular complexity index is 1110. The average Bonchev–Trinajstić information content (AvgIpc) is 2.76. The predicted molar refractivity (Wildman–Crippen MR) is 116 cm³/mol. The van der Waals surface area contributed by atoms with Crippen LogP contribution in [-0.4, -0.2) is 57.4 Å². The number of Topliss-reactive ketones (excluding diaryl/α,β-unsaturated/α-hetero) is 1. The molecule has 2 aliphatic heterocycles. The molecule has 166 valence electrons. The van der Waals surface area contributed by atoms with Gasteiger partial charge in [-0.05, 0) is 30.7 Å². The quantitative estimate of drug-likeness (QED) is 0.680. The number of nitrogens with zero attached hydrogens (tertiary/aromatic N) is 2. The third-order valence-corrected chi connectivity index (χ3v) is 10.1. The summed E-state index contributed by atoms with van der Waals surface area (Å²) in [6, 6.07) is 16.3. The molecule has 0 aliphatic carbocycles. The van der Waals surface area contributed by atoms with Gasteiger partial charge in [-0.3, -0.25) is 4.79 Å². The summed E-state index contributed by atoms with van der Waals surface area (Å²) in [7, 11) is -7.61. The predicted octanol–water partition coefficient (Wildman–Crippen LogP) is 2.37. The van der Waals surface area contributed by atoms with Crippen LogP contribution in [-0.2, 0) is 24.8 Å². The van der Waals surface area contributed by atoms with E-state index in [4.69, 9.17) is 0 Å². The minimum atomic E-state index is -3.81. The lowest BCUT2D eigenvalue weighted by Crippen LogP contribution is -2.70. The summed E-state index contributed by atoms with van der Waals surface area (Å²) in [5.41, 5.74) is -2.22. The van der Waals surface area contributed by atoms with Gasteiger partial charge >= 0.3 is 0 Å². The second-order valence-corrected chi connectivity index (χ2v) is 12.6. The minimum absolute atomic E-state index is 0.0318. The molecule has 0 amide bonds. The number of carbonyl (C=O) groups excluding carboxylic acids is 1. The van der Waals surface area contributed by atoms with Gasteiger partial charge in [0, 0.05) is 26.2 Å². The van der Waals surface area contributed by atoms with E-state index in [1.54, 1.807) is 43.3 Å². The monoisotopic (exact) mass is 462 g/mol. The molecule has 2 heterocycles. The maximum Gasteiger partial charge on any atom is 0.243 e. The first-order chi connectivity index (χ1) is 14.6. The Morgan fingerprint density at radius 1 is 0.742 bits per heavy atom. The summed E-state index contributed by atoms with van der Waals surface area (Å²) in [6.07, 6.45) is 0.350. The van der Waals surface area contributed by atoms with E-state index >= 15 is 0 Å². The number of hydrogen-bond donors (Lipinski definition) is 0. The zero-order valence-corrected chi connectivity index (χ0v) is 19.2. The van der Waals surface area contributed by atoms with Gasteiger partial charge in [-0.15, -0.1) is 0 Å². The first-order valence-electron chi connectivity index (χ1n) is 10.2. The van der Waals surface area contributed by atoms with Crippen LogP contribution in [0.25, 0.3) is 0 Å². The molecule has 31 heavy (non-hydrogen) atoms. The van der Waals surface area contributed by atoms with Crippen LogP contribution in [0.4, 0.5) is 0 Å². The Labute approximate surface area is 183 Å².